The molecule has 3 rings (SSSR count). The molecule has 2 atom stereocenters. The van der Waals surface area contributed by atoms with Crippen LogP contribution in [0.15, 0.2) is 36.5 Å². The number of nitrogens with one attached hydrogen (secondary N) is 1. The standard InChI is InChI=1S/C17H23N3S/c1-3-18-17(16-12-21-9-8-20(16)2)14-10-13-6-4-5-7-15(13)19-11-14/h4-7,10-11,16-18H,3,8-9,12H2,1-2H3. The molecule has 21 heavy (non-hydrogen) atoms. The Kier molecular flexibility index (Phi) is 4.78. The fourth-order valence-corrected chi connectivity index (χ4v) is 4.28. The van der Waals surface area contributed by atoms with Gasteiger partial charge in [0.1, 0.15) is 0 Å². The van der Waals surface area contributed by atoms with Gasteiger partial charge in [-0.15, -0.1) is 0 Å². The van der Waals surface area contributed by atoms with Crippen LogP contribution in [0.1, 0.15) is 18.5 Å². The summed E-state index contributed by atoms with van der Waals surface area (Å²) in [5, 5.41) is 4.89. The summed E-state index contributed by atoms with van der Waals surface area (Å²) < 4.78 is 0. The second-order valence-corrected chi connectivity index (χ2v) is 6.77. The SMILES string of the molecule is CCNC(c1cnc2ccccc2c1)C1CSCCN1C. The molecule has 1 N–H and O–H groups in total. The maximum Gasteiger partial charge on any atom is 0.0702 e. The fourth-order valence-electron chi connectivity index (χ4n) is 3.01. The molecule has 2 unspecified atom stereocenters. The molecule has 4 heteroatoms. The molecule has 1 aliphatic heterocycles. The van der Waals surface area contributed by atoms with Crippen LogP contribution < -0.4 is 5.32 Å². The Labute approximate surface area is 131 Å². The first-order valence-electron chi connectivity index (χ1n) is 7.65. The van der Waals surface area contributed by atoms with Crippen LogP contribution in [0.25, 0.3) is 10.9 Å². The van der Waals surface area contributed by atoms with E-state index < -0.39 is 0 Å². The van der Waals surface area contributed by atoms with Crippen molar-refractivity contribution in [3.63, 3.8) is 0 Å². The number of para-hydroxylation sites is 1. The summed E-state index contributed by atoms with van der Waals surface area (Å²) in [6, 6.07) is 11.5. The third-order valence-electron chi connectivity index (χ3n) is 4.22. The number of benzene rings is 1. The van der Waals surface area contributed by atoms with Crippen molar-refractivity contribution in [3.8, 4) is 0 Å². The second-order valence-electron chi connectivity index (χ2n) is 5.62. The van der Waals surface area contributed by atoms with Gasteiger partial charge in [-0.1, -0.05) is 25.1 Å². The molecule has 0 saturated carbocycles. The van der Waals surface area contributed by atoms with Gasteiger partial charge in [0, 0.05) is 35.7 Å². The number of thioether (sulfide) groups is 1. The Morgan fingerprint density at radius 1 is 1.43 bits per heavy atom. The lowest BCUT2D eigenvalue weighted by Crippen LogP contribution is -2.47. The first kappa shape index (κ1) is 14.8. The average molecular weight is 301 g/mol. The van der Waals surface area contributed by atoms with Crippen LogP contribution in [0.5, 0.6) is 0 Å². The number of hydrogen-bond donors (Lipinski definition) is 1. The number of rotatable bonds is 4. The van der Waals surface area contributed by atoms with Gasteiger partial charge in [-0.3, -0.25) is 9.88 Å². The molecule has 112 valence electrons. The van der Waals surface area contributed by atoms with Gasteiger partial charge in [0.2, 0.25) is 0 Å². The number of nitrogens with zero attached hydrogens (tertiary/aromatic N) is 2. The van der Waals surface area contributed by atoms with Crippen molar-refractivity contribution in [2.45, 2.75) is 19.0 Å². The molecule has 1 aliphatic rings. The van der Waals surface area contributed by atoms with Crippen molar-refractivity contribution in [1.29, 1.82) is 0 Å². The highest BCUT2D eigenvalue weighted by molar-refractivity contribution is 7.99. The fraction of sp³-hybridized carbons (Fsp3) is 0.471. The Bertz CT molecular complexity index is 601. The Morgan fingerprint density at radius 3 is 3.10 bits per heavy atom. The molecule has 0 radical (unpaired) electrons. The number of likely N-dealkylation sites (N-methyl/N-ethyl adjacent to an activating group) is 2. The van der Waals surface area contributed by atoms with Crippen molar-refractivity contribution in [1.82, 2.24) is 15.2 Å². The van der Waals surface area contributed by atoms with E-state index in [0.717, 1.165) is 18.6 Å². The summed E-state index contributed by atoms with van der Waals surface area (Å²) in [5.41, 5.74) is 2.37. The molecule has 3 nitrogen and oxygen atoms in total. The maximum absolute atomic E-state index is 4.64. The van der Waals surface area contributed by atoms with E-state index in [1.807, 2.05) is 12.3 Å². The highest BCUT2D eigenvalue weighted by Crippen LogP contribution is 2.28. The average Bonchev–Trinajstić information content (AvgIpc) is 2.53. The van der Waals surface area contributed by atoms with Gasteiger partial charge in [0.25, 0.3) is 0 Å². The largest absolute Gasteiger partial charge is 0.309 e. The third kappa shape index (κ3) is 3.23. The predicted molar refractivity (Wildman–Crippen MR) is 91.9 cm³/mol. The maximum atomic E-state index is 4.64. The number of aromatic nitrogens is 1. The molecule has 0 amide bonds. The van der Waals surface area contributed by atoms with Crippen LogP contribution in [0.2, 0.25) is 0 Å². The molecular weight excluding hydrogens is 278 g/mol. The van der Waals surface area contributed by atoms with E-state index in [-0.39, 0.29) is 0 Å². The predicted octanol–water partition coefficient (Wildman–Crippen LogP) is 2.93. The van der Waals surface area contributed by atoms with Crippen LogP contribution in [0.3, 0.4) is 0 Å². The van der Waals surface area contributed by atoms with Crippen LogP contribution in [0, 0.1) is 0 Å². The van der Waals surface area contributed by atoms with Crippen molar-refractivity contribution < 1.29 is 0 Å². The van der Waals surface area contributed by atoms with Gasteiger partial charge in [-0.25, -0.2) is 0 Å². The Balaban J connectivity index is 1.94. The van der Waals surface area contributed by atoms with Crippen LogP contribution >= 0.6 is 11.8 Å². The summed E-state index contributed by atoms with van der Waals surface area (Å²) in [6.07, 6.45) is 2.04. The van der Waals surface area contributed by atoms with E-state index in [1.165, 1.54) is 22.5 Å². The van der Waals surface area contributed by atoms with E-state index in [9.17, 15) is 0 Å². The van der Waals surface area contributed by atoms with Crippen molar-refractivity contribution >= 4 is 22.7 Å². The lowest BCUT2D eigenvalue weighted by molar-refractivity contribution is 0.217. The molecule has 2 heterocycles. The lowest BCUT2D eigenvalue weighted by atomic mass is 9.99. The zero-order chi connectivity index (χ0) is 14.7. The quantitative estimate of drug-likeness (QED) is 0.940. The van der Waals surface area contributed by atoms with E-state index in [1.54, 1.807) is 0 Å². The molecule has 0 spiro atoms. The van der Waals surface area contributed by atoms with E-state index in [4.69, 9.17) is 0 Å². The molecule has 1 saturated heterocycles. The zero-order valence-corrected chi connectivity index (χ0v) is 13.6. The minimum atomic E-state index is 0.352. The van der Waals surface area contributed by atoms with Gasteiger partial charge < -0.3 is 5.32 Å². The highest BCUT2D eigenvalue weighted by Gasteiger charge is 2.28. The summed E-state index contributed by atoms with van der Waals surface area (Å²) in [4.78, 5) is 7.12. The molecule has 1 aromatic carbocycles. The molecule has 1 aromatic heterocycles. The summed E-state index contributed by atoms with van der Waals surface area (Å²) >= 11 is 2.06. The first-order valence-corrected chi connectivity index (χ1v) is 8.81. The zero-order valence-electron chi connectivity index (χ0n) is 12.7. The molecule has 2 aromatic rings. The van der Waals surface area contributed by atoms with Crippen LogP contribution in [-0.2, 0) is 0 Å². The van der Waals surface area contributed by atoms with Crippen LogP contribution in [0.4, 0.5) is 0 Å². The minimum absolute atomic E-state index is 0.352. The van der Waals surface area contributed by atoms with Gasteiger partial charge in [-0.05, 0) is 31.3 Å². The molecule has 1 fully saturated rings. The number of pyridine rings is 1. The van der Waals surface area contributed by atoms with Crippen molar-refractivity contribution in [2.75, 3.05) is 31.6 Å². The molecular formula is C17H23N3S. The smallest absolute Gasteiger partial charge is 0.0702 e. The lowest BCUT2D eigenvalue weighted by Gasteiger charge is -2.38. The van der Waals surface area contributed by atoms with E-state index in [2.05, 4.69) is 65.2 Å². The van der Waals surface area contributed by atoms with Gasteiger partial charge >= 0.3 is 0 Å². The normalized spacial score (nSPS) is 21.5. The van der Waals surface area contributed by atoms with Crippen molar-refractivity contribution in [3.05, 3.63) is 42.1 Å². The van der Waals surface area contributed by atoms with Gasteiger partial charge in [0.05, 0.1) is 11.6 Å². The summed E-state index contributed by atoms with van der Waals surface area (Å²) in [5.74, 6) is 2.42. The van der Waals surface area contributed by atoms with E-state index in [0.29, 0.717) is 12.1 Å². The van der Waals surface area contributed by atoms with Crippen molar-refractivity contribution in [2.24, 2.45) is 0 Å². The Hall–Kier alpha value is -1.10. The highest BCUT2D eigenvalue weighted by atomic mass is 32.2. The minimum Gasteiger partial charge on any atom is -0.309 e. The molecule has 0 aliphatic carbocycles. The third-order valence-corrected chi connectivity index (χ3v) is 5.27. The number of fused-ring (bicyclic) bond motifs is 1. The summed E-state index contributed by atoms with van der Waals surface area (Å²) in [6.45, 7) is 4.32. The Morgan fingerprint density at radius 2 is 2.29 bits per heavy atom. The second kappa shape index (κ2) is 6.77. The van der Waals surface area contributed by atoms with Gasteiger partial charge in [0.15, 0.2) is 0 Å². The number of hydrogen-bond acceptors (Lipinski definition) is 4. The summed E-state index contributed by atoms with van der Waals surface area (Å²) in [7, 11) is 2.24. The topological polar surface area (TPSA) is 28.2 Å². The molecule has 0 bridgehead atoms. The van der Waals surface area contributed by atoms with E-state index >= 15 is 0 Å². The van der Waals surface area contributed by atoms with Crippen LogP contribution in [-0.4, -0.2) is 47.6 Å². The van der Waals surface area contributed by atoms with Gasteiger partial charge in [-0.2, -0.15) is 11.8 Å². The monoisotopic (exact) mass is 301 g/mol. The first-order chi connectivity index (χ1) is 10.3.